The maximum atomic E-state index is 13.5. The summed E-state index contributed by atoms with van der Waals surface area (Å²) >= 11 is 10.9. The Morgan fingerprint density at radius 3 is 2.65 bits per heavy atom. The van der Waals surface area contributed by atoms with Crippen molar-refractivity contribution < 1.29 is 28.1 Å². The molecular formula is C22H13ClFN3O6S. The number of anilines is 1. The van der Waals surface area contributed by atoms with Gasteiger partial charge in [-0.15, -0.1) is 0 Å². The smallest absolute Gasteiger partial charge is 0.273 e. The number of nitro groups is 1. The molecule has 2 amide bonds. The molecule has 2 heterocycles. The fourth-order valence-electron chi connectivity index (χ4n) is 3.23. The molecule has 0 radical (unpaired) electrons. The quantitative estimate of drug-likeness (QED) is 0.180. The molecule has 1 aliphatic rings. The van der Waals surface area contributed by atoms with Crippen LogP contribution in [-0.2, 0) is 9.59 Å². The van der Waals surface area contributed by atoms with Gasteiger partial charge in [0.2, 0.25) is 0 Å². The normalized spacial score (nSPS) is 15.0. The highest BCUT2D eigenvalue weighted by Crippen LogP contribution is 2.35. The van der Waals surface area contributed by atoms with Crippen molar-refractivity contribution in [3.8, 4) is 17.1 Å². The first kappa shape index (κ1) is 23.1. The van der Waals surface area contributed by atoms with Crippen LogP contribution in [0.25, 0.3) is 17.4 Å². The summed E-state index contributed by atoms with van der Waals surface area (Å²) in [5, 5.41) is 13.0. The highest BCUT2D eigenvalue weighted by atomic mass is 35.5. The third-order valence-corrected chi connectivity index (χ3v) is 5.41. The second kappa shape index (κ2) is 9.04. The number of nitrogens with zero attached hydrogens (tertiary/aromatic N) is 2. The van der Waals surface area contributed by atoms with E-state index in [1.165, 1.54) is 49.6 Å². The predicted octanol–water partition coefficient (Wildman–Crippen LogP) is 4.49. The van der Waals surface area contributed by atoms with Gasteiger partial charge in [-0.2, -0.15) is 0 Å². The number of halogens is 2. The SMILES string of the molecule is COc1cc([N+](=O)[O-])ccc1-c1ccc(/C=C2\C(=O)NC(=S)N(c3ccc(F)c(Cl)c3)C2=O)o1. The molecule has 0 spiro atoms. The summed E-state index contributed by atoms with van der Waals surface area (Å²) in [4.78, 5) is 37.0. The van der Waals surface area contributed by atoms with E-state index >= 15 is 0 Å². The van der Waals surface area contributed by atoms with Crippen molar-refractivity contribution in [2.24, 2.45) is 0 Å². The van der Waals surface area contributed by atoms with Gasteiger partial charge in [-0.1, -0.05) is 11.6 Å². The molecule has 1 saturated heterocycles. The van der Waals surface area contributed by atoms with E-state index in [-0.39, 0.29) is 38.6 Å². The van der Waals surface area contributed by atoms with Crippen LogP contribution in [0, 0.1) is 15.9 Å². The van der Waals surface area contributed by atoms with Gasteiger partial charge < -0.3 is 9.15 Å². The Labute approximate surface area is 201 Å². The van der Waals surface area contributed by atoms with Gasteiger partial charge in [0, 0.05) is 6.07 Å². The van der Waals surface area contributed by atoms with Gasteiger partial charge in [0.25, 0.3) is 17.5 Å². The number of hydrogen-bond acceptors (Lipinski definition) is 7. The van der Waals surface area contributed by atoms with E-state index in [4.69, 9.17) is 33.0 Å². The van der Waals surface area contributed by atoms with Crippen LogP contribution in [0.4, 0.5) is 15.8 Å². The number of carbonyl (C=O) groups excluding carboxylic acids is 2. The van der Waals surface area contributed by atoms with Crippen molar-refractivity contribution in [1.82, 2.24) is 5.32 Å². The van der Waals surface area contributed by atoms with Gasteiger partial charge in [0.15, 0.2) is 5.11 Å². The second-order valence-electron chi connectivity index (χ2n) is 6.90. The summed E-state index contributed by atoms with van der Waals surface area (Å²) in [6, 6.07) is 10.7. The Balaban J connectivity index is 1.68. The highest BCUT2D eigenvalue weighted by molar-refractivity contribution is 7.80. The maximum absolute atomic E-state index is 13.5. The molecule has 172 valence electrons. The van der Waals surface area contributed by atoms with Crippen LogP contribution in [0.5, 0.6) is 5.75 Å². The van der Waals surface area contributed by atoms with E-state index in [1.807, 2.05) is 0 Å². The lowest BCUT2D eigenvalue weighted by Crippen LogP contribution is -2.54. The third-order valence-electron chi connectivity index (χ3n) is 4.84. The summed E-state index contributed by atoms with van der Waals surface area (Å²) in [6.07, 6.45) is 1.22. The van der Waals surface area contributed by atoms with Crippen LogP contribution < -0.4 is 15.0 Å². The molecule has 34 heavy (non-hydrogen) atoms. The van der Waals surface area contributed by atoms with Gasteiger partial charge in [0.05, 0.1) is 34.4 Å². The van der Waals surface area contributed by atoms with Crippen molar-refractivity contribution in [3.63, 3.8) is 0 Å². The van der Waals surface area contributed by atoms with Crippen molar-refractivity contribution >= 4 is 58.2 Å². The van der Waals surface area contributed by atoms with Gasteiger partial charge >= 0.3 is 0 Å². The molecule has 0 atom stereocenters. The Kier molecular flexibility index (Phi) is 6.14. The van der Waals surface area contributed by atoms with Gasteiger partial charge in [-0.3, -0.25) is 29.9 Å². The third kappa shape index (κ3) is 4.26. The van der Waals surface area contributed by atoms with Crippen LogP contribution in [0.1, 0.15) is 5.76 Å². The number of methoxy groups -OCH3 is 1. The molecule has 3 aromatic rings. The van der Waals surface area contributed by atoms with E-state index in [0.717, 1.165) is 11.0 Å². The molecule has 1 aromatic heterocycles. The molecule has 0 bridgehead atoms. The van der Waals surface area contributed by atoms with Crippen LogP contribution >= 0.6 is 23.8 Å². The number of benzene rings is 2. The van der Waals surface area contributed by atoms with Crippen LogP contribution in [0.2, 0.25) is 5.02 Å². The number of ether oxygens (including phenoxy) is 1. The first-order valence-corrected chi connectivity index (χ1v) is 10.3. The number of amides is 2. The lowest BCUT2D eigenvalue weighted by Gasteiger charge is -2.28. The highest BCUT2D eigenvalue weighted by Gasteiger charge is 2.35. The lowest BCUT2D eigenvalue weighted by molar-refractivity contribution is -0.384. The van der Waals surface area contributed by atoms with Gasteiger partial charge in [-0.05, 0) is 54.7 Å². The average molecular weight is 502 g/mol. The topological polar surface area (TPSA) is 115 Å². The fourth-order valence-corrected chi connectivity index (χ4v) is 3.69. The summed E-state index contributed by atoms with van der Waals surface area (Å²) in [5.74, 6) is -1.53. The minimum Gasteiger partial charge on any atom is -0.496 e. The Morgan fingerprint density at radius 2 is 1.97 bits per heavy atom. The van der Waals surface area contributed by atoms with Crippen molar-refractivity contribution in [1.29, 1.82) is 0 Å². The Bertz CT molecular complexity index is 1400. The molecular weight excluding hydrogens is 489 g/mol. The van der Waals surface area contributed by atoms with Crippen molar-refractivity contribution in [2.75, 3.05) is 12.0 Å². The van der Waals surface area contributed by atoms with E-state index in [0.29, 0.717) is 11.3 Å². The molecule has 12 heteroatoms. The van der Waals surface area contributed by atoms with E-state index in [1.54, 1.807) is 6.07 Å². The number of furan rings is 1. The number of hydrogen-bond donors (Lipinski definition) is 1. The number of nitro benzene ring substituents is 1. The van der Waals surface area contributed by atoms with E-state index < -0.39 is 22.6 Å². The van der Waals surface area contributed by atoms with Crippen molar-refractivity contribution in [2.45, 2.75) is 0 Å². The number of rotatable bonds is 5. The zero-order chi connectivity index (χ0) is 24.6. The second-order valence-corrected chi connectivity index (χ2v) is 7.69. The fraction of sp³-hybridized carbons (Fsp3) is 0.0455. The summed E-state index contributed by atoms with van der Waals surface area (Å²) in [7, 11) is 1.36. The minimum absolute atomic E-state index is 0.152. The van der Waals surface area contributed by atoms with Gasteiger partial charge in [0.1, 0.15) is 28.7 Å². The number of nitrogens with one attached hydrogen (secondary N) is 1. The first-order chi connectivity index (χ1) is 16.2. The zero-order valence-electron chi connectivity index (χ0n) is 17.2. The number of non-ortho nitro benzene ring substituents is 1. The largest absolute Gasteiger partial charge is 0.496 e. The Morgan fingerprint density at radius 1 is 1.21 bits per heavy atom. The molecule has 0 aliphatic carbocycles. The molecule has 1 N–H and O–H groups in total. The number of thiocarbonyl (C=S) groups is 1. The van der Waals surface area contributed by atoms with E-state index in [2.05, 4.69) is 5.32 Å². The minimum atomic E-state index is -0.762. The average Bonchev–Trinajstić information content (AvgIpc) is 3.26. The summed E-state index contributed by atoms with van der Waals surface area (Å²) in [5.41, 5.74) is 0.158. The summed E-state index contributed by atoms with van der Waals surface area (Å²) in [6.45, 7) is 0. The Hall–Kier alpha value is -4.09. The monoisotopic (exact) mass is 501 g/mol. The maximum Gasteiger partial charge on any atom is 0.273 e. The lowest BCUT2D eigenvalue weighted by atomic mass is 10.1. The molecule has 1 aliphatic heterocycles. The van der Waals surface area contributed by atoms with Crippen LogP contribution in [0.15, 0.2) is 58.5 Å². The summed E-state index contributed by atoms with van der Waals surface area (Å²) < 4.78 is 24.5. The number of carbonyl (C=O) groups is 2. The molecule has 9 nitrogen and oxygen atoms in total. The molecule has 0 unspecified atom stereocenters. The van der Waals surface area contributed by atoms with E-state index in [9.17, 15) is 24.1 Å². The predicted molar refractivity (Wildman–Crippen MR) is 125 cm³/mol. The first-order valence-electron chi connectivity index (χ1n) is 9.48. The zero-order valence-corrected chi connectivity index (χ0v) is 18.8. The van der Waals surface area contributed by atoms with Crippen LogP contribution in [0.3, 0.4) is 0 Å². The van der Waals surface area contributed by atoms with Gasteiger partial charge in [-0.25, -0.2) is 4.39 Å². The van der Waals surface area contributed by atoms with Crippen molar-refractivity contribution in [3.05, 3.63) is 80.8 Å². The molecule has 1 fully saturated rings. The standard InChI is InChI=1S/C22H13ClFN3O6S/c1-32-19-9-12(27(30)31)2-5-14(19)18-7-4-13(33-18)10-15-20(28)25-22(34)26(21(15)29)11-3-6-17(24)16(23)8-11/h2-10H,1H3,(H,25,28,34)/b15-10+. The molecule has 2 aromatic carbocycles. The molecule has 4 rings (SSSR count). The molecule has 0 saturated carbocycles. The van der Waals surface area contributed by atoms with Crippen LogP contribution in [-0.4, -0.2) is 29.0 Å².